The molecule has 3 rings (SSSR count). The summed E-state index contributed by atoms with van der Waals surface area (Å²) >= 11 is 1.65. The van der Waals surface area contributed by atoms with Crippen LogP contribution in [0, 0.1) is 18.6 Å². The molecule has 1 aromatic heterocycles. The number of nitrogens with one attached hydrogen (secondary N) is 1. The van der Waals surface area contributed by atoms with Crippen LogP contribution in [0.1, 0.15) is 32.1 Å². The number of amides is 2. The van der Waals surface area contributed by atoms with Crippen molar-refractivity contribution in [2.24, 2.45) is 0 Å². The van der Waals surface area contributed by atoms with Crippen LogP contribution in [0.2, 0.25) is 0 Å². The van der Waals surface area contributed by atoms with Crippen molar-refractivity contribution in [3.05, 3.63) is 93.2 Å². The van der Waals surface area contributed by atoms with E-state index in [4.69, 9.17) is 0 Å². The minimum atomic E-state index is -0.929. The summed E-state index contributed by atoms with van der Waals surface area (Å²) in [6, 6.07) is 16.7. The van der Waals surface area contributed by atoms with Crippen molar-refractivity contribution in [2.75, 3.05) is 13.1 Å². The topological polar surface area (TPSA) is 49.4 Å². The lowest BCUT2D eigenvalue weighted by molar-refractivity contribution is -0.131. The molecule has 0 aliphatic rings. The highest BCUT2D eigenvalue weighted by Gasteiger charge is 2.17. The molecule has 2 aromatic carbocycles. The van der Waals surface area contributed by atoms with Gasteiger partial charge in [0.25, 0.3) is 5.91 Å². The number of nitrogens with zero attached hydrogens (tertiary/aromatic N) is 1. The highest BCUT2D eigenvalue weighted by atomic mass is 32.1. The third kappa shape index (κ3) is 6.72. The maximum absolute atomic E-state index is 13.7. The lowest BCUT2D eigenvalue weighted by Crippen LogP contribution is -2.35. The standard InChI is InChI=1S/C24H24F2N2O2S/c1-17-7-9-20(31-17)16-28(14-12-18-5-3-2-4-6-18)23(29)11-13-27-24(30)21-10-8-19(25)15-22(21)26/h2-10,15H,11-14,16H2,1H3,(H,27,30). The van der Waals surface area contributed by atoms with E-state index in [0.717, 1.165) is 29.0 Å². The van der Waals surface area contributed by atoms with Crippen molar-refractivity contribution >= 4 is 23.2 Å². The normalized spacial score (nSPS) is 10.7. The molecular formula is C24H24F2N2O2S. The Hall–Kier alpha value is -3.06. The fraction of sp³-hybridized carbons (Fsp3) is 0.250. The van der Waals surface area contributed by atoms with Crippen LogP contribution >= 0.6 is 11.3 Å². The van der Waals surface area contributed by atoms with Gasteiger partial charge in [0.2, 0.25) is 5.91 Å². The number of rotatable bonds is 9. The van der Waals surface area contributed by atoms with Crippen LogP contribution < -0.4 is 5.32 Å². The molecule has 0 saturated carbocycles. The molecule has 0 saturated heterocycles. The van der Waals surface area contributed by atoms with Crippen LogP contribution in [-0.2, 0) is 17.8 Å². The molecule has 0 bridgehead atoms. The predicted octanol–water partition coefficient (Wildman–Crippen LogP) is 4.73. The van der Waals surface area contributed by atoms with Crippen molar-refractivity contribution in [3.63, 3.8) is 0 Å². The summed E-state index contributed by atoms with van der Waals surface area (Å²) in [5, 5.41) is 2.54. The van der Waals surface area contributed by atoms with Gasteiger partial charge in [-0.15, -0.1) is 11.3 Å². The first kappa shape index (κ1) is 22.6. The summed E-state index contributed by atoms with van der Waals surface area (Å²) in [4.78, 5) is 29.1. The Morgan fingerprint density at radius 2 is 1.81 bits per heavy atom. The van der Waals surface area contributed by atoms with E-state index in [-0.39, 0.29) is 24.4 Å². The molecule has 0 atom stereocenters. The summed E-state index contributed by atoms with van der Waals surface area (Å²) < 4.78 is 26.8. The van der Waals surface area contributed by atoms with Crippen LogP contribution in [-0.4, -0.2) is 29.8 Å². The van der Waals surface area contributed by atoms with E-state index in [1.54, 1.807) is 16.2 Å². The van der Waals surface area contributed by atoms with E-state index < -0.39 is 17.5 Å². The van der Waals surface area contributed by atoms with Crippen molar-refractivity contribution in [3.8, 4) is 0 Å². The van der Waals surface area contributed by atoms with Crippen LogP contribution in [0.3, 0.4) is 0 Å². The molecule has 1 N–H and O–H groups in total. The van der Waals surface area contributed by atoms with Crippen molar-refractivity contribution in [2.45, 2.75) is 26.3 Å². The van der Waals surface area contributed by atoms with Gasteiger partial charge in [-0.2, -0.15) is 0 Å². The highest BCUT2D eigenvalue weighted by molar-refractivity contribution is 7.11. The number of carbonyl (C=O) groups excluding carboxylic acids is 2. The van der Waals surface area contributed by atoms with Crippen LogP contribution in [0.4, 0.5) is 8.78 Å². The summed E-state index contributed by atoms with van der Waals surface area (Å²) in [6.45, 7) is 3.15. The molecule has 31 heavy (non-hydrogen) atoms. The molecule has 3 aromatic rings. The van der Waals surface area contributed by atoms with Gasteiger partial charge in [0.15, 0.2) is 0 Å². The molecule has 0 fully saturated rings. The SMILES string of the molecule is Cc1ccc(CN(CCc2ccccc2)C(=O)CCNC(=O)c2ccc(F)cc2F)s1. The Morgan fingerprint density at radius 3 is 2.48 bits per heavy atom. The van der Waals surface area contributed by atoms with Crippen molar-refractivity contribution < 1.29 is 18.4 Å². The zero-order chi connectivity index (χ0) is 22.2. The van der Waals surface area contributed by atoms with Crippen LogP contribution in [0.15, 0.2) is 60.7 Å². The lowest BCUT2D eigenvalue weighted by atomic mass is 10.1. The second-order valence-corrected chi connectivity index (χ2v) is 8.57. The largest absolute Gasteiger partial charge is 0.351 e. The van der Waals surface area contributed by atoms with Gasteiger partial charge in [0.05, 0.1) is 12.1 Å². The minimum Gasteiger partial charge on any atom is -0.351 e. The molecular weight excluding hydrogens is 418 g/mol. The van der Waals surface area contributed by atoms with Gasteiger partial charge >= 0.3 is 0 Å². The Kier molecular flexibility index (Phi) is 7.89. The zero-order valence-corrected chi connectivity index (χ0v) is 18.1. The number of hydrogen-bond acceptors (Lipinski definition) is 3. The number of hydrogen-bond donors (Lipinski definition) is 1. The van der Waals surface area contributed by atoms with Crippen LogP contribution in [0.5, 0.6) is 0 Å². The van der Waals surface area contributed by atoms with E-state index in [1.807, 2.05) is 49.4 Å². The summed E-state index contributed by atoms with van der Waals surface area (Å²) in [6.07, 6.45) is 0.817. The van der Waals surface area contributed by atoms with E-state index in [9.17, 15) is 18.4 Å². The first-order valence-corrected chi connectivity index (χ1v) is 10.8. The first-order chi connectivity index (χ1) is 14.9. The fourth-order valence-corrected chi connectivity index (χ4v) is 4.07. The van der Waals surface area contributed by atoms with Crippen LogP contribution in [0.25, 0.3) is 0 Å². The number of halogens is 2. The Labute approximate surface area is 184 Å². The summed E-state index contributed by atoms with van der Waals surface area (Å²) in [7, 11) is 0. The molecule has 0 spiro atoms. The van der Waals surface area contributed by atoms with Gasteiger partial charge in [-0.25, -0.2) is 8.78 Å². The maximum atomic E-state index is 13.7. The van der Waals surface area contributed by atoms with Gasteiger partial charge in [0.1, 0.15) is 11.6 Å². The average Bonchev–Trinajstić information content (AvgIpc) is 3.16. The van der Waals surface area contributed by atoms with E-state index in [2.05, 4.69) is 5.32 Å². The average molecular weight is 443 g/mol. The molecule has 0 unspecified atom stereocenters. The smallest absolute Gasteiger partial charge is 0.254 e. The third-order valence-electron chi connectivity index (χ3n) is 4.81. The lowest BCUT2D eigenvalue weighted by Gasteiger charge is -2.22. The first-order valence-electron chi connectivity index (χ1n) is 10.0. The molecule has 0 aliphatic carbocycles. The summed E-state index contributed by atoms with van der Waals surface area (Å²) in [5.41, 5.74) is 0.895. The number of carbonyl (C=O) groups is 2. The Morgan fingerprint density at radius 1 is 1.03 bits per heavy atom. The monoisotopic (exact) mass is 442 g/mol. The van der Waals surface area contributed by atoms with Gasteiger partial charge in [0, 0.05) is 35.3 Å². The third-order valence-corrected chi connectivity index (χ3v) is 5.79. The minimum absolute atomic E-state index is 0.0692. The molecule has 0 aliphatic heterocycles. The van der Waals surface area contributed by atoms with E-state index in [1.165, 1.54) is 4.88 Å². The van der Waals surface area contributed by atoms with Gasteiger partial charge in [-0.3, -0.25) is 9.59 Å². The number of aryl methyl sites for hydroxylation is 1. The summed E-state index contributed by atoms with van der Waals surface area (Å²) in [5.74, 6) is -2.44. The van der Waals surface area contributed by atoms with Gasteiger partial charge in [-0.05, 0) is 43.2 Å². The highest BCUT2D eigenvalue weighted by Crippen LogP contribution is 2.18. The van der Waals surface area contributed by atoms with Gasteiger partial charge < -0.3 is 10.2 Å². The van der Waals surface area contributed by atoms with E-state index in [0.29, 0.717) is 19.2 Å². The molecule has 0 radical (unpaired) electrons. The molecule has 1 heterocycles. The second kappa shape index (κ2) is 10.8. The fourth-order valence-electron chi connectivity index (χ4n) is 3.17. The molecule has 4 nitrogen and oxygen atoms in total. The Bertz CT molecular complexity index is 1040. The molecule has 2 amide bonds. The Balaban J connectivity index is 1.58. The second-order valence-electron chi connectivity index (χ2n) is 7.19. The molecule has 162 valence electrons. The predicted molar refractivity (Wildman–Crippen MR) is 118 cm³/mol. The number of thiophene rings is 1. The van der Waals surface area contributed by atoms with Crippen molar-refractivity contribution in [1.29, 1.82) is 0 Å². The quantitative estimate of drug-likeness (QED) is 0.521. The van der Waals surface area contributed by atoms with Crippen molar-refractivity contribution in [1.82, 2.24) is 10.2 Å². The molecule has 7 heteroatoms. The zero-order valence-electron chi connectivity index (χ0n) is 17.2. The van der Waals surface area contributed by atoms with E-state index >= 15 is 0 Å². The number of benzene rings is 2. The maximum Gasteiger partial charge on any atom is 0.254 e. The van der Waals surface area contributed by atoms with Gasteiger partial charge in [-0.1, -0.05) is 30.3 Å².